The SMILES string of the molecule is C[C@@H]1CN(c2cnc3c(c2)C(c2ccn(Cc4cccc(Cl)c4F)c(=O)c2)=CC3)C[C@H](C)O1. The number of rotatable bonds is 4. The maximum absolute atomic E-state index is 14.3. The number of hydrogen-bond acceptors (Lipinski definition) is 4. The van der Waals surface area contributed by atoms with Crippen LogP contribution in [-0.2, 0) is 17.7 Å². The molecular formula is C26H25ClFN3O2. The van der Waals surface area contributed by atoms with E-state index in [0.29, 0.717) is 5.56 Å². The van der Waals surface area contributed by atoms with Crippen LogP contribution in [0.1, 0.15) is 36.2 Å². The van der Waals surface area contributed by atoms with Gasteiger partial charge in [0, 0.05) is 42.9 Å². The van der Waals surface area contributed by atoms with Crippen molar-refractivity contribution >= 4 is 22.9 Å². The molecule has 5 nitrogen and oxygen atoms in total. The predicted octanol–water partition coefficient (Wildman–Crippen LogP) is 4.69. The lowest BCUT2D eigenvalue weighted by Crippen LogP contribution is -2.45. The van der Waals surface area contributed by atoms with E-state index in [2.05, 4.69) is 30.9 Å². The normalized spacial score (nSPS) is 20.0. The molecule has 0 bridgehead atoms. The average Bonchev–Trinajstić information content (AvgIpc) is 3.21. The van der Waals surface area contributed by atoms with Crippen LogP contribution in [0.25, 0.3) is 5.57 Å². The van der Waals surface area contributed by atoms with Crippen molar-refractivity contribution in [3.63, 3.8) is 0 Å². The van der Waals surface area contributed by atoms with Crippen LogP contribution in [0, 0.1) is 5.82 Å². The number of aromatic nitrogens is 2. The van der Waals surface area contributed by atoms with Gasteiger partial charge in [-0.1, -0.05) is 29.8 Å². The Kier molecular flexibility index (Phi) is 5.81. The summed E-state index contributed by atoms with van der Waals surface area (Å²) in [5, 5.41) is 0.0530. The molecule has 0 spiro atoms. The third kappa shape index (κ3) is 4.33. The summed E-state index contributed by atoms with van der Waals surface area (Å²) in [6, 6.07) is 10.5. The lowest BCUT2D eigenvalue weighted by molar-refractivity contribution is -0.00523. The van der Waals surface area contributed by atoms with Crippen LogP contribution < -0.4 is 10.5 Å². The number of anilines is 1. The van der Waals surface area contributed by atoms with Gasteiger partial charge in [-0.3, -0.25) is 9.78 Å². The Hall–Kier alpha value is -2.96. The number of halogens is 2. The minimum absolute atomic E-state index is 0.0530. The molecule has 0 amide bonds. The molecule has 0 saturated carbocycles. The van der Waals surface area contributed by atoms with Crippen LogP contribution in [0.4, 0.5) is 10.1 Å². The molecule has 0 radical (unpaired) electrons. The number of allylic oxidation sites excluding steroid dienone is 1. The van der Waals surface area contributed by atoms with Crippen LogP contribution in [0.5, 0.6) is 0 Å². The van der Waals surface area contributed by atoms with Gasteiger partial charge in [0.2, 0.25) is 0 Å². The zero-order valence-electron chi connectivity index (χ0n) is 18.6. The zero-order valence-corrected chi connectivity index (χ0v) is 19.3. The molecule has 2 atom stereocenters. The number of benzene rings is 1. The van der Waals surface area contributed by atoms with Gasteiger partial charge in [-0.05, 0) is 43.2 Å². The van der Waals surface area contributed by atoms with Crippen molar-refractivity contribution in [1.82, 2.24) is 9.55 Å². The molecule has 2 aromatic heterocycles. The molecule has 1 aromatic carbocycles. The summed E-state index contributed by atoms with van der Waals surface area (Å²) in [4.78, 5) is 19.8. The van der Waals surface area contributed by atoms with E-state index < -0.39 is 5.82 Å². The Morgan fingerprint density at radius 2 is 1.97 bits per heavy atom. The van der Waals surface area contributed by atoms with E-state index in [4.69, 9.17) is 21.3 Å². The van der Waals surface area contributed by atoms with E-state index >= 15 is 0 Å². The van der Waals surface area contributed by atoms with E-state index in [9.17, 15) is 9.18 Å². The van der Waals surface area contributed by atoms with Crippen molar-refractivity contribution in [1.29, 1.82) is 0 Å². The van der Waals surface area contributed by atoms with E-state index in [1.54, 1.807) is 24.4 Å². The molecule has 3 heterocycles. The summed E-state index contributed by atoms with van der Waals surface area (Å²) in [6.07, 6.45) is 6.81. The van der Waals surface area contributed by atoms with E-state index in [0.717, 1.165) is 47.6 Å². The van der Waals surface area contributed by atoms with Crippen molar-refractivity contribution in [3.8, 4) is 0 Å². The highest BCUT2D eigenvalue weighted by atomic mass is 35.5. The Balaban J connectivity index is 1.42. The molecule has 170 valence electrons. The number of morpholine rings is 1. The fourth-order valence-corrected chi connectivity index (χ4v) is 4.88. The molecule has 1 aliphatic carbocycles. The van der Waals surface area contributed by atoms with Gasteiger partial charge in [0.1, 0.15) is 5.82 Å². The number of hydrogen-bond donors (Lipinski definition) is 0. The molecule has 0 N–H and O–H groups in total. The fraction of sp³-hybridized carbons (Fsp3) is 0.308. The number of nitrogens with zero attached hydrogens (tertiary/aromatic N) is 3. The van der Waals surface area contributed by atoms with Crippen molar-refractivity contribution in [2.45, 2.75) is 39.0 Å². The molecule has 1 aliphatic heterocycles. The summed E-state index contributed by atoms with van der Waals surface area (Å²) in [7, 11) is 0. The van der Waals surface area contributed by atoms with Gasteiger partial charge in [-0.2, -0.15) is 0 Å². The van der Waals surface area contributed by atoms with E-state index in [1.807, 2.05) is 12.3 Å². The van der Waals surface area contributed by atoms with Crippen LogP contribution >= 0.6 is 11.6 Å². The first-order valence-corrected chi connectivity index (χ1v) is 11.5. The highest BCUT2D eigenvalue weighted by Crippen LogP contribution is 2.34. The van der Waals surface area contributed by atoms with Gasteiger partial charge in [0.05, 0.1) is 41.4 Å². The first kappa shape index (κ1) is 21.9. The Bertz CT molecular complexity index is 1290. The second-order valence-electron chi connectivity index (χ2n) is 8.77. The number of ether oxygens (including phenoxy) is 1. The van der Waals surface area contributed by atoms with Crippen molar-refractivity contribution in [2.24, 2.45) is 0 Å². The molecule has 33 heavy (non-hydrogen) atoms. The Labute approximate surface area is 197 Å². The molecule has 1 saturated heterocycles. The first-order chi connectivity index (χ1) is 15.9. The van der Waals surface area contributed by atoms with Crippen LogP contribution in [0.2, 0.25) is 5.02 Å². The fourth-order valence-electron chi connectivity index (χ4n) is 4.68. The monoisotopic (exact) mass is 465 g/mol. The van der Waals surface area contributed by atoms with Crippen molar-refractivity contribution in [3.05, 3.63) is 98.4 Å². The summed E-state index contributed by atoms with van der Waals surface area (Å²) in [6.45, 7) is 5.93. The van der Waals surface area contributed by atoms with Crippen molar-refractivity contribution < 1.29 is 9.13 Å². The lowest BCUT2D eigenvalue weighted by atomic mass is 10.0. The lowest BCUT2D eigenvalue weighted by Gasteiger charge is -2.36. The molecule has 7 heteroatoms. The summed E-state index contributed by atoms with van der Waals surface area (Å²) < 4.78 is 21.6. The van der Waals surface area contributed by atoms with Crippen LogP contribution in [-0.4, -0.2) is 34.8 Å². The highest BCUT2D eigenvalue weighted by molar-refractivity contribution is 6.30. The molecule has 2 aliphatic rings. The quantitative estimate of drug-likeness (QED) is 0.561. The second kappa shape index (κ2) is 8.76. The van der Waals surface area contributed by atoms with E-state index in [-0.39, 0.29) is 29.3 Å². The molecule has 1 fully saturated rings. The van der Waals surface area contributed by atoms with E-state index in [1.165, 1.54) is 10.6 Å². The first-order valence-electron chi connectivity index (χ1n) is 11.1. The number of fused-ring (bicyclic) bond motifs is 1. The van der Waals surface area contributed by atoms with Gasteiger partial charge < -0.3 is 14.2 Å². The molecular weight excluding hydrogens is 441 g/mol. The minimum atomic E-state index is -0.493. The van der Waals surface area contributed by atoms with Crippen molar-refractivity contribution in [2.75, 3.05) is 18.0 Å². The van der Waals surface area contributed by atoms with Gasteiger partial charge >= 0.3 is 0 Å². The summed E-state index contributed by atoms with van der Waals surface area (Å²) >= 11 is 5.88. The Morgan fingerprint density at radius 1 is 1.18 bits per heavy atom. The van der Waals surface area contributed by atoms with Gasteiger partial charge in [-0.25, -0.2) is 4.39 Å². The summed E-state index contributed by atoms with van der Waals surface area (Å²) in [5.41, 5.74) is 5.15. The van der Waals surface area contributed by atoms with Crippen LogP contribution in [0.15, 0.2) is 59.7 Å². The maximum atomic E-state index is 14.3. The van der Waals surface area contributed by atoms with Gasteiger partial charge in [-0.15, -0.1) is 0 Å². The number of pyridine rings is 2. The molecule has 5 rings (SSSR count). The minimum Gasteiger partial charge on any atom is -0.372 e. The Morgan fingerprint density at radius 3 is 2.73 bits per heavy atom. The van der Waals surface area contributed by atoms with Gasteiger partial charge in [0.15, 0.2) is 0 Å². The second-order valence-corrected chi connectivity index (χ2v) is 9.17. The van der Waals surface area contributed by atoms with Crippen LogP contribution in [0.3, 0.4) is 0 Å². The van der Waals surface area contributed by atoms with Gasteiger partial charge in [0.25, 0.3) is 5.56 Å². The largest absolute Gasteiger partial charge is 0.372 e. The third-order valence-corrected chi connectivity index (χ3v) is 6.50. The molecule has 3 aromatic rings. The zero-order chi connectivity index (χ0) is 23.1. The average molecular weight is 466 g/mol. The standard InChI is InChI=1S/C26H25ClFN3O2/c1-16-13-31(14-17(2)33-16)20-11-22-21(6-7-24(22)29-12-20)18-8-9-30(25(32)10-18)15-19-4-3-5-23(27)26(19)28/h3-6,8-12,16-17H,7,13-15H2,1-2H3/t16-,17+. The highest BCUT2D eigenvalue weighted by Gasteiger charge is 2.25. The summed E-state index contributed by atoms with van der Waals surface area (Å²) in [5.74, 6) is -0.493. The smallest absolute Gasteiger partial charge is 0.251 e. The molecule has 0 unspecified atom stereocenters. The predicted molar refractivity (Wildman–Crippen MR) is 128 cm³/mol. The third-order valence-electron chi connectivity index (χ3n) is 6.21. The maximum Gasteiger partial charge on any atom is 0.251 e. The topological polar surface area (TPSA) is 47.4 Å².